The molecule has 1 aromatic heterocycles. The number of rotatable bonds is 2. The van der Waals surface area contributed by atoms with E-state index in [0.717, 1.165) is 0 Å². The number of aromatic nitrogens is 2. The standard InChI is InChI=1S/C8H12N3O/c1-8(2,7(12)9-3)11-6-4-5-10-11/h5-6H,1-3H3,(H,9,12). The maximum absolute atomic E-state index is 11.3. The van der Waals surface area contributed by atoms with Gasteiger partial charge in [-0.1, -0.05) is 0 Å². The maximum atomic E-state index is 11.3. The number of nitrogens with one attached hydrogen (secondary N) is 1. The van der Waals surface area contributed by atoms with E-state index < -0.39 is 5.54 Å². The van der Waals surface area contributed by atoms with Crippen LogP contribution in [0.3, 0.4) is 0 Å². The molecule has 0 unspecified atom stereocenters. The summed E-state index contributed by atoms with van der Waals surface area (Å²) in [5.74, 6) is -0.0698. The highest BCUT2D eigenvalue weighted by molar-refractivity contribution is 5.83. The summed E-state index contributed by atoms with van der Waals surface area (Å²) in [5, 5.41) is 6.54. The Morgan fingerprint density at radius 1 is 1.67 bits per heavy atom. The molecule has 0 saturated carbocycles. The number of hydrogen-bond donors (Lipinski definition) is 1. The lowest BCUT2D eigenvalue weighted by molar-refractivity contribution is -0.128. The van der Waals surface area contributed by atoms with Crippen molar-refractivity contribution in [2.45, 2.75) is 19.4 Å². The molecule has 1 heterocycles. The summed E-state index contributed by atoms with van der Waals surface area (Å²) < 4.78 is 1.58. The van der Waals surface area contributed by atoms with Crippen LogP contribution in [0.5, 0.6) is 0 Å². The van der Waals surface area contributed by atoms with Crippen LogP contribution in [-0.4, -0.2) is 22.7 Å². The van der Waals surface area contributed by atoms with Crippen molar-refractivity contribution in [1.82, 2.24) is 15.1 Å². The van der Waals surface area contributed by atoms with Gasteiger partial charge in [0.1, 0.15) is 5.54 Å². The molecular formula is C8H12N3O. The molecule has 0 saturated heterocycles. The molecule has 0 bridgehead atoms. The van der Waals surface area contributed by atoms with Gasteiger partial charge in [0.15, 0.2) is 0 Å². The predicted octanol–water partition coefficient (Wildman–Crippen LogP) is 0.164. The smallest absolute Gasteiger partial charge is 0.247 e. The van der Waals surface area contributed by atoms with Crippen molar-refractivity contribution in [1.29, 1.82) is 0 Å². The van der Waals surface area contributed by atoms with E-state index in [2.05, 4.69) is 16.5 Å². The van der Waals surface area contributed by atoms with E-state index in [1.54, 1.807) is 31.8 Å². The lowest BCUT2D eigenvalue weighted by Gasteiger charge is -2.22. The topological polar surface area (TPSA) is 46.9 Å². The number of likely N-dealkylation sites (N-methyl/N-ethyl adjacent to an activating group) is 1. The first-order valence-corrected chi connectivity index (χ1v) is 3.72. The Hall–Kier alpha value is -1.32. The van der Waals surface area contributed by atoms with Gasteiger partial charge in [-0.3, -0.25) is 9.48 Å². The third kappa shape index (κ3) is 1.32. The van der Waals surface area contributed by atoms with E-state index >= 15 is 0 Å². The van der Waals surface area contributed by atoms with Gasteiger partial charge in [0, 0.05) is 19.3 Å². The molecule has 4 heteroatoms. The van der Waals surface area contributed by atoms with E-state index in [-0.39, 0.29) is 5.91 Å². The second-order valence-corrected chi connectivity index (χ2v) is 3.02. The molecule has 0 fully saturated rings. The molecule has 0 aliphatic rings. The summed E-state index contributed by atoms with van der Waals surface area (Å²) in [4.78, 5) is 11.3. The van der Waals surface area contributed by atoms with Crippen LogP contribution < -0.4 is 5.32 Å². The highest BCUT2D eigenvalue weighted by Gasteiger charge is 2.28. The molecule has 0 aromatic carbocycles. The average Bonchev–Trinajstić information content (AvgIpc) is 2.55. The third-order valence-corrected chi connectivity index (χ3v) is 1.81. The zero-order valence-electron chi connectivity index (χ0n) is 7.46. The van der Waals surface area contributed by atoms with Crippen molar-refractivity contribution >= 4 is 5.91 Å². The lowest BCUT2D eigenvalue weighted by atomic mass is 10.1. The van der Waals surface area contributed by atoms with Crippen molar-refractivity contribution in [3.8, 4) is 0 Å². The van der Waals surface area contributed by atoms with Gasteiger partial charge in [-0.05, 0) is 13.8 Å². The Morgan fingerprint density at radius 3 is 2.75 bits per heavy atom. The Kier molecular flexibility index (Phi) is 2.17. The molecule has 1 aromatic rings. The molecule has 0 aliphatic heterocycles. The second-order valence-electron chi connectivity index (χ2n) is 3.02. The fraction of sp³-hybridized carbons (Fsp3) is 0.500. The predicted molar refractivity (Wildman–Crippen MR) is 44.5 cm³/mol. The Morgan fingerprint density at radius 2 is 2.33 bits per heavy atom. The van der Waals surface area contributed by atoms with Gasteiger partial charge in [0.05, 0.1) is 6.20 Å². The quantitative estimate of drug-likeness (QED) is 0.680. The van der Waals surface area contributed by atoms with Gasteiger partial charge in [-0.25, -0.2) is 0 Å². The number of carbonyl (C=O) groups is 1. The minimum Gasteiger partial charge on any atom is -0.357 e. The maximum Gasteiger partial charge on any atom is 0.247 e. The molecule has 1 amide bonds. The fourth-order valence-electron chi connectivity index (χ4n) is 0.948. The SMILES string of the molecule is CNC(=O)C(C)(C)n1c[c]cn1. The van der Waals surface area contributed by atoms with E-state index in [9.17, 15) is 4.79 Å². The first-order valence-electron chi connectivity index (χ1n) is 3.72. The summed E-state index contributed by atoms with van der Waals surface area (Å²) >= 11 is 0. The van der Waals surface area contributed by atoms with Crippen molar-refractivity contribution in [3.63, 3.8) is 0 Å². The van der Waals surface area contributed by atoms with Gasteiger partial charge in [-0.15, -0.1) is 0 Å². The van der Waals surface area contributed by atoms with E-state index in [4.69, 9.17) is 0 Å². The summed E-state index contributed by atoms with van der Waals surface area (Å²) in [7, 11) is 1.61. The van der Waals surface area contributed by atoms with Crippen molar-refractivity contribution in [2.24, 2.45) is 0 Å². The summed E-state index contributed by atoms with van der Waals surface area (Å²) in [5.41, 5.74) is -0.644. The highest BCUT2D eigenvalue weighted by atomic mass is 16.2. The van der Waals surface area contributed by atoms with Crippen LogP contribution in [0.4, 0.5) is 0 Å². The Bertz CT molecular complexity index is 264. The van der Waals surface area contributed by atoms with Gasteiger partial charge >= 0.3 is 0 Å². The number of nitrogens with zero attached hydrogens (tertiary/aromatic N) is 2. The number of carbonyl (C=O) groups excluding carboxylic acids is 1. The Balaban J connectivity index is 2.93. The molecule has 1 radical (unpaired) electrons. The van der Waals surface area contributed by atoms with Gasteiger partial charge in [0.25, 0.3) is 0 Å². The van der Waals surface area contributed by atoms with E-state index in [1.807, 2.05) is 0 Å². The largest absolute Gasteiger partial charge is 0.357 e. The molecular weight excluding hydrogens is 154 g/mol. The van der Waals surface area contributed by atoms with Crippen LogP contribution in [0.25, 0.3) is 0 Å². The molecule has 65 valence electrons. The Labute approximate surface area is 71.6 Å². The van der Waals surface area contributed by atoms with Crippen LogP contribution in [0, 0.1) is 6.07 Å². The molecule has 0 aliphatic carbocycles. The van der Waals surface area contributed by atoms with Crippen LogP contribution in [0.1, 0.15) is 13.8 Å². The van der Waals surface area contributed by atoms with Gasteiger partial charge in [0.2, 0.25) is 5.91 Å². The minimum absolute atomic E-state index is 0.0698. The summed E-state index contributed by atoms with van der Waals surface area (Å²) in [6.07, 6.45) is 3.18. The summed E-state index contributed by atoms with van der Waals surface area (Å²) in [6.45, 7) is 3.60. The fourth-order valence-corrected chi connectivity index (χ4v) is 0.948. The van der Waals surface area contributed by atoms with Crippen LogP contribution in [0.2, 0.25) is 0 Å². The average molecular weight is 166 g/mol. The van der Waals surface area contributed by atoms with Crippen molar-refractivity contribution < 1.29 is 4.79 Å². The summed E-state index contributed by atoms with van der Waals surface area (Å²) in [6, 6.07) is 2.79. The van der Waals surface area contributed by atoms with Gasteiger partial charge in [-0.2, -0.15) is 5.10 Å². The molecule has 0 spiro atoms. The normalized spacial score (nSPS) is 11.2. The first kappa shape index (κ1) is 8.77. The lowest BCUT2D eigenvalue weighted by Crippen LogP contribution is -2.43. The molecule has 4 nitrogen and oxygen atoms in total. The highest BCUT2D eigenvalue weighted by Crippen LogP contribution is 2.12. The molecule has 0 atom stereocenters. The second kappa shape index (κ2) is 2.97. The third-order valence-electron chi connectivity index (χ3n) is 1.81. The molecule has 1 N–H and O–H groups in total. The van der Waals surface area contributed by atoms with Crippen molar-refractivity contribution in [2.75, 3.05) is 7.05 Å². The first-order chi connectivity index (χ1) is 5.59. The number of amides is 1. The zero-order valence-corrected chi connectivity index (χ0v) is 7.46. The van der Waals surface area contributed by atoms with Crippen molar-refractivity contribution in [3.05, 3.63) is 18.5 Å². The van der Waals surface area contributed by atoms with E-state index in [0.29, 0.717) is 0 Å². The monoisotopic (exact) mass is 166 g/mol. The minimum atomic E-state index is -0.644. The zero-order chi connectivity index (χ0) is 9.19. The molecule has 1 rings (SSSR count). The van der Waals surface area contributed by atoms with E-state index in [1.165, 1.54) is 6.20 Å². The van der Waals surface area contributed by atoms with Gasteiger partial charge < -0.3 is 5.32 Å². The van der Waals surface area contributed by atoms with Crippen LogP contribution >= 0.6 is 0 Å². The van der Waals surface area contributed by atoms with Crippen LogP contribution in [0.15, 0.2) is 12.4 Å². The molecule has 12 heavy (non-hydrogen) atoms. The van der Waals surface area contributed by atoms with Crippen LogP contribution in [-0.2, 0) is 10.3 Å². The number of hydrogen-bond acceptors (Lipinski definition) is 2.